The van der Waals surface area contributed by atoms with Crippen LogP contribution in [0.3, 0.4) is 0 Å². The lowest BCUT2D eigenvalue weighted by Gasteiger charge is -2.32. The van der Waals surface area contributed by atoms with E-state index in [1.807, 2.05) is 6.92 Å². The molecule has 5 N–H and O–H groups in total. The number of primary amides is 1. The first kappa shape index (κ1) is 23.5. The van der Waals surface area contributed by atoms with Crippen LogP contribution >= 0.6 is 0 Å². The molecule has 2 saturated carbocycles. The lowest BCUT2D eigenvalue weighted by molar-refractivity contribution is -0.187. The fourth-order valence-corrected chi connectivity index (χ4v) is 4.13. The first-order valence-corrected chi connectivity index (χ1v) is 10.7. The third kappa shape index (κ3) is 6.93. The zero-order valence-corrected chi connectivity index (χ0v) is 17.5. The van der Waals surface area contributed by atoms with Crippen LogP contribution in [0.5, 0.6) is 0 Å². The van der Waals surface area contributed by atoms with Crippen LogP contribution in [-0.2, 0) is 4.74 Å². The molecule has 0 saturated heterocycles. The highest BCUT2D eigenvalue weighted by atomic mass is 19.4. The minimum atomic E-state index is -4.32. The van der Waals surface area contributed by atoms with Gasteiger partial charge in [-0.3, -0.25) is 4.79 Å². The second-order valence-electron chi connectivity index (χ2n) is 8.56. The standard InChI is InChI=1S/C20H30F3N5O3/c1-11-2-3-13(8-16(11)29)26-18-15(17(24)30)9-25-19(28-18)27-12-4-6-14(7-5-12)31-10-20(21,22)23/h9,11-14,16,29H,2-8,10H2,1H3,(H2,24,30)(H2,25,26,27,28)/t11-,12-,13-,14-,16-/m1/s1. The largest absolute Gasteiger partial charge is 0.411 e. The molecule has 3 rings (SSSR count). The van der Waals surface area contributed by atoms with Crippen LogP contribution in [-0.4, -0.2) is 58.1 Å². The van der Waals surface area contributed by atoms with Crippen molar-refractivity contribution in [3.63, 3.8) is 0 Å². The van der Waals surface area contributed by atoms with Gasteiger partial charge >= 0.3 is 6.18 Å². The van der Waals surface area contributed by atoms with Gasteiger partial charge in [0.1, 0.15) is 12.4 Å². The van der Waals surface area contributed by atoms with Crippen molar-refractivity contribution in [2.45, 2.75) is 82.3 Å². The van der Waals surface area contributed by atoms with Crippen LogP contribution in [0.2, 0.25) is 0 Å². The fraction of sp³-hybridized carbons (Fsp3) is 0.750. The number of aromatic nitrogens is 2. The SMILES string of the molecule is C[C@@H]1CC[C@@H](Nc2nc(N[C@H]3CC[C@H](OCC(F)(F)F)CC3)ncc2C(N)=O)C[C@H]1O. The summed E-state index contributed by atoms with van der Waals surface area (Å²) < 4.78 is 41.9. The Hall–Kier alpha value is -2.14. The van der Waals surface area contributed by atoms with E-state index in [1.165, 1.54) is 6.20 Å². The molecule has 0 bridgehead atoms. The molecule has 1 aromatic rings. The number of anilines is 2. The molecule has 0 radical (unpaired) electrons. The Balaban J connectivity index is 1.58. The second-order valence-corrected chi connectivity index (χ2v) is 8.56. The number of hydrogen-bond donors (Lipinski definition) is 4. The number of aliphatic hydroxyl groups excluding tert-OH is 1. The summed E-state index contributed by atoms with van der Waals surface area (Å²) in [7, 11) is 0. The lowest BCUT2D eigenvalue weighted by Crippen LogP contribution is -2.36. The van der Waals surface area contributed by atoms with E-state index >= 15 is 0 Å². The van der Waals surface area contributed by atoms with Gasteiger partial charge in [-0.15, -0.1) is 0 Å². The highest BCUT2D eigenvalue weighted by Crippen LogP contribution is 2.28. The fourth-order valence-electron chi connectivity index (χ4n) is 4.13. The van der Waals surface area contributed by atoms with E-state index in [0.717, 1.165) is 12.8 Å². The van der Waals surface area contributed by atoms with Gasteiger partial charge in [0, 0.05) is 18.3 Å². The number of hydrogen-bond acceptors (Lipinski definition) is 7. The van der Waals surface area contributed by atoms with Gasteiger partial charge < -0.3 is 26.2 Å². The molecule has 11 heteroatoms. The van der Waals surface area contributed by atoms with Crippen LogP contribution in [0.1, 0.15) is 62.2 Å². The molecular formula is C20H30F3N5O3. The van der Waals surface area contributed by atoms with Crippen LogP contribution < -0.4 is 16.4 Å². The summed E-state index contributed by atoms with van der Waals surface area (Å²) in [5.74, 6) is 0.212. The van der Waals surface area contributed by atoms with Gasteiger partial charge in [0.05, 0.1) is 17.8 Å². The minimum absolute atomic E-state index is 0.00429. The maximum atomic E-state index is 12.3. The third-order valence-corrected chi connectivity index (χ3v) is 6.04. The van der Waals surface area contributed by atoms with E-state index in [2.05, 4.69) is 20.6 Å². The smallest absolute Gasteiger partial charge is 0.393 e. The Labute approximate surface area is 179 Å². The molecule has 1 heterocycles. The Morgan fingerprint density at radius 1 is 1.19 bits per heavy atom. The highest BCUT2D eigenvalue weighted by molar-refractivity contribution is 5.97. The van der Waals surface area contributed by atoms with Gasteiger partial charge in [-0.2, -0.15) is 18.2 Å². The summed E-state index contributed by atoms with van der Waals surface area (Å²) in [6.07, 6.45) is 0.735. The molecule has 31 heavy (non-hydrogen) atoms. The third-order valence-electron chi connectivity index (χ3n) is 6.04. The maximum Gasteiger partial charge on any atom is 0.411 e. The van der Waals surface area contributed by atoms with Crippen molar-refractivity contribution in [1.82, 2.24) is 9.97 Å². The van der Waals surface area contributed by atoms with Gasteiger partial charge in [-0.05, 0) is 50.9 Å². The molecule has 1 aromatic heterocycles. The number of carbonyl (C=O) groups is 1. The van der Waals surface area contributed by atoms with Gasteiger partial charge in [-0.1, -0.05) is 6.92 Å². The summed E-state index contributed by atoms with van der Waals surface area (Å²) >= 11 is 0. The zero-order chi connectivity index (χ0) is 22.6. The number of alkyl halides is 3. The van der Waals surface area contributed by atoms with Crippen molar-refractivity contribution < 1.29 is 27.8 Å². The number of carbonyl (C=O) groups excluding carboxylic acids is 1. The summed E-state index contributed by atoms with van der Waals surface area (Å²) in [5.41, 5.74) is 5.62. The van der Waals surface area contributed by atoms with Crippen LogP contribution in [0.15, 0.2) is 6.20 Å². The zero-order valence-electron chi connectivity index (χ0n) is 17.5. The van der Waals surface area contributed by atoms with Crippen molar-refractivity contribution in [3.05, 3.63) is 11.8 Å². The molecule has 0 aromatic carbocycles. The molecule has 0 aliphatic heterocycles. The van der Waals surface area contributed by atoms with Crippen molar-refractivity contribution in [2.24, 2.45) is 11.7 Å². The van der Waals surface area contributed by atoms with Gasteiger partial charge in [0.15, 0.2) is 0 Å². The number of aliphatic hydroxyl groups is 1. The van der Waals surface area contributed by atoms with Crippen molar-refractivity contribution in [1.29, 1.82) is 0 Å². The lowest BCUT2D eigenvalue weighted by atomic mass is 9.85. The van der Waals surface area contributed by atoms with E-state index in [-0.39, 0.29) is 23.6 Å². The number of nitrogens with two attached hydrogens (primary N) is 1. The molecular weight excluding hydrogens is 415 g/mol. The van der Waals surface area contributed by atoms with Crippen LogP contribution in [0, 0.1) is 5.92 Å². The number of rotatable bonds is 7. The number of nitrogens with zero attached hydrogens (tertiary/aromatic N) is 2. The monoisotopic (exact) mass is 445 g/mol. The highest BCUT2D eigenvalue weighted by Gasteiger charge is 2.31. The normalized spacial score (nSPS) is 29.4. The predicted octanol–water partition coefficient (Wildman–Crippen LogP) is 2.84. The molecule has 3 atom stereocenters. The van der Waals surface area contributed by atoms with Crippen LogP contribution in [0.4, 0.5) is 24.9 Å². The number of ether oxygens (including phenoxy) is 1. The van der Waals surface area contributed by atoms with E-state index in [0.29, 0.717) is 43.9 Å². The average molecular weight is 445 g/mol. The molecule has 2 fully saturated rings. The molecule has 2 aliphatic carbocycles. The van der Waals surface area contributed by atoms with Crippen molar-refractivity contribution >= 4 is 17.7 Å². The first-order valence-electron chi connectivity index (χ1n) is 10.7. The molecule has 8 nitrogen and oxygen atoms in total. The van der Waals surface area contributed by atoms with E-state index in [1.54, 1.807) is 0 Å². The Morgan fingerprint density at radius 2 is 1.87 bits per heavy atom. The van der Waals surface area contributed by atoms with Gasteiger partial charge in [0.25, 0.3) is 5.91 Å². The topological polar surface area (TPSA) is 122 Å². The van der Waals surface area contributed by atoms with Gasteiger partial charge in [-0.25, -0.2) is 4.98 Å². The molecule has 1 amide bonds. The Kier molecular flexibility index (Phi) is 7.58. The van der Waals surface area contributed by atoms with Crippen molar-refractivity contribution in [3.8, 4) is 0 Å². The molecule has 2 aliphatic rings. The van der Waals surface area contributed by atoms with Crippen molar-refractivity contribution in [2.75, 3.05) is 17.2 Å². The van der Waals surface area contributed by atoms with E-state index in [4.69, 9.17) is 10.5 Å². The molecule has 0 unspecified atom stereocenters. The Bertz CT molecular complexity index is 756. The summed E-state index contributed by atoms with van der Waals surface area (Å²) in [6.45, 7) is 0.780. The Morgan fingerprint density at radius 3 is 2.48 bits per heavy atom. The average Bonchev–Trinajstić information content (AvgIpc) is 2.70. The number of amides is 1. The molecule has 0 spiro atoms. The summed E-state index contributed by atoms with van der Waals surface area (Å²) in [6, 6.07) is -0.0383. The predicted molar refractivity (Wildman–Crippen MR) is 109 cm³/mol. The summed E-state index contributed by atoms with van der Waals surface area (Å²) in [5, 5.41) is 16.5. The number of halogens is 3. The summed E-state index contributed by atoms with van der Waals surface area (Å²) in [4.78, 5) is 20.4. The second kappa shape index (κ2) is 9.99. The number of nitrogens with one attached hydrogen (secondary N) is 2. The maximum absolute atomic E-state index is 12.3. The first-order chi connectivity index (χ1) is 14.6. The molecule has 174 valence electrons. The van der Waals surface area contributed by atoms with E-state index < -0.39 is 30.9 Å². The van der Waals surface area contributed by atoms with Gasteiger partial charge in [0.2, 0.25) is 5.95 Å². The minimum Gasteiger partial charge on any atom is -0.393 e. The van der Waals surface area contributed by atoms with Crippen LogP contribution in [0.25, 0.3) is 0 Å². The van der Waals surface area contributed by atoms with E-state index in [9.17, 15) is 23.1 Å². The quantitative estimate of drug-likeness (QED) is 0.509.